The highest BCUT2D eigenvalue weighted by molar-refractivity contribution is 5.31. The Balaban J connectivity index is 2.22. The Morgan fingerprint density at radius 3 is 1.95 bits per heavy atom. The monoisotopic (exact) mass is 284 g/mol. The van der Waals surface area contributed by atoms with Crippen molar-refractivity contribution >= 4 is 0 Å². The lowest BCUT2D eigenvalue weighted by atomic mass is 10.1. The van der Waals surface area contributed by atoms with Crippen LogP contribution in [-0.2, 0) is 6.61 Å². The highest BCUT2D eigenvalue weighted by Crippen LogP contribution is 2.24. The molecule has 2 aromatic carbocycles. The first-order chi connectivity index (χ1) is 9.41. The highest BCUT2D eigenvalue weighted by atomic mass is 19.2. The van der Waals surface area contributed by atoms with Gasteiger partial charge in [-0.1, -0.05) is 18.2 Å². The molecule has 106 valence electrons. The summed E-state index contributed by atoms with van der Waals surface area (Å²) in [6, 6.07) is 5.33. The van der Waals surface area contributed by atoms with Crippen LogP contribution in [0.1, 0.15) is 16.7 Å². The quantitative estimate of drug-likeness (QED) is 0.757. The van der Waals surface area contributed by atoms with E-state index in [0.29, 0.717) is 0 Å². The van der Waals surface area contributed by atoms with E-state index in [1.807, 2.05) is 0 Å². The lowest BCUT2D eigenvalue weighted by Gasteiger charge is -2.10. The summed E-state index contributed by atoms with van der Waals surface area (Å²) in [7, 11) is 0. The maximum atomic E-state index is 13.6. The molecule has 20 heavy (non-hydrogen) atoms. The number of benzene rings is 2. The van der Waals surface area contributed by atoms with E-state index in [-0.39, 0.29) is 29.0 Å². The van der Waals surface area contributed by atoms with E-state index < -0.39 is 23.3 Å². The maximum absolute atomic E-state index is 13.6. The molecule has 0 saturated heterocycles. The van der Waals surface area contributed by atoms with Crippen LogP contribution in [0.15, 0.2) is 24.3 Å². The molecular formula is C15H12F4O. The van der Waals surface area contributed by atoms with Gasteiger partial charge in [-0.25, -0.2) is 13.2 Å². The molecule has 0 spiro atoms. The first-order valence-electron chi connectivity index (χ1n) is 5.92. The number of rotatable bonds is 3. The van der Waals surface area contributed by atoms with E-state index in [0.717, 1.165) is 0 Å². The predicted octanol–water partition coefficient (Wildman–Crippen LogP) is 4.44. The second-order valence-electron chi connectivity index (χ2n) is 4.47. The van der Waals surface area contributed by atoms with Crippen LogP contribution in [0.3, 0.4) is 0 Å². The number of hydrogen-bond acceptors (Lipinski definition) is 1. The van der Waals surface area contributed by atoms with Crippen LogP contribution in [0.4, 0.5) is 17.6 Å². The lowest BCUT2D eigenvalue weighted by molar-refractivity contribution is 0.277. The third-order valence-electron chi connectivity index (χ3n) is 2.98. The van der Waals surface area contributed by atoms with Crippen LogP contribution < -0.4 is 4.74 Å². The van der Waals surface area contributed by atoms with E-state index in [1.54, 1.807) is 0 Å². The van der Waals surface area contributed by atoms with Crippen molar-refractivity contribution < 1.29 is 22.3 Å². The predicted molar refractivity (Wildman–Crippen MR) is 66.5 cm³/mol. The molecule has 0 amide bonds. The Hall–Kier alpha value is -2.04. The van der Waals surface area contributed by atoms with Crippen molar-refractivity contribution in [1.29, 1.82) is 0 Å². The van der Waals surface area contributed by atoms with Gasteiger partial charge in [0.05, 0.1) is 0 Å². The molecule has 0 fully saturated rings. The third kappa shape index (κ3) is 2.61. The van der Waals surface area contributed by atoms with Crippen molar-refractivity contribution in [3.05, 3.63) is 64.2 Å². The molecule has 0 unspecified atom stereocenters. The van der Waals surface area contributed by atoms with Gasteiger partial charge in [0.1, 0.15) is 6.61 Å². The number of ether oxygens (including phenoxy) is 1. The summed E-state index contributed by atoms with van der Waals surface area (Å²) in [6.45, 7) is 2.46. The molecule has 0 saturated carbocycles. The molecule has 5 heteroatoms. The van der Waals surface area contributed by atoms with Gasteiger partial charge in [0.25, 0.3) is 0 Å². The second-order valence-corrected chi connectivity index (χ2v) is 4.47. The second kappa shape index (κ2) is 5.53. The van der Waals surface area contributed by atoms with Crippen molar-refractivity contribution in [2.45, 2.75) is 20.5 Å². The van der Waals surface area contributed by atoms with Crippen molar-refractivity contribution in [2.75, 3.05) is 0 Å². The topological polar surface area (TPSA) is 9.23 Å². The fraction of sp³-hybridized carbons (Fsp3) is 0.200. The summed E-state index contributed by atoms with van der Waals surface area (Å²) in [5.41, 5.74) is 0.245. The molecular weight excluding hydrogens is 272 g/mol. The van der Waals surface area contributed by atoms with Crippen LogP contribution in [-0.4, -0.2) is 0 Å². The van der Waals surface area contributed by atoms with Crippen LogP contribution in [0.2, 0.25) is 0 Å². The van der Waals surface area contributed by atoms with Gasteiger partial charge in [-0.2, -0.15) is 4.39 Å². The molecule has 0 radical (unpaired) electrons. The Labute approximate surface area is 113 Å². The summed E-state index contributed by atoms with van der Waals surface area (Å²) < 4.78 is 58.8. The van der Waals surface area contributed by atoms with E-state index in [2.05, 4.69) is 0 Å². The average molecular weight is 284 g/mol. The minimum Gasteiger partial charge on any atom is -0.486 e. The van der Waals surface area contributed by atoms with Crippen molar-refractivity contribution in [2.24, 2.45) is 0 Å². The van der Waals surface area contributed by atoms with Gasteiger partial charge >= 0.3 is 0 Å². The van der Waals surface area contributed by atoms with Gasteiger partial charge in [-0.15, -0.1) is 0 Å². The Bertz CT molecular complexity index is 595. The summed E-state index contributed by atoms with van der Waals surface area (Å²) in [5, 5.41) is 0. The molecule has 0 aliphatic rings. The highest BCUT2D eigenvalue weighted by Gasteiger charge is 2.15. The standard InChI is InChI=1S/C15H12F4O/c1-8-3-5-10(14(18)12(8)16)7-20-11-6-4-9(2)13(17)15(11)19/h3-6H,7H2,1-2H3. The zero-order valence-electron chi connectivity index (χ0n) is 10.9. The molecule has 0 aliphatic heterocycles. The van der Waals surface area contributed by atoms with Gasteiger partial charge in [-0.05, 0) is 31.0 Å². The molecule has 0 aromatic heterocycles. The van der Waals surface area contributed by atoms with Gasteiger partial charge < -0.3 is 4.74 Å². The van der Waals surface area contributed by atoms with Gasteiger partial charge in [0.15, 0.2) is 23.2 Å². The Kier molecular flexibility index (Phi) is 3.97. The Morgan fingerprint density at radius 1 is 0.750 bits per heavy atom. The number of halogens is 4. The molecule has 0 atom stereocenters. The molecule has 2 aromatic rings. The third-order valence-corrected chi connectivity index (χ3v) is 2.98. The van der Waals surface area contributed by atoms with E-state index in [1.165, 1.54) is 38.1 Å². The molecule has 0 N–H and O–H groups in total. The fourth-order valence-electron chi connectivity index (χ4n) is 1.69. The van der Waals surface area contributed by atoms with E-state index in [4.69, 9.17) is 4.74 Å². The van der Waals surface area contributed by atoms with Gasteiger partial charge in [0, 0.05) is 5.56 Å². The smallest absolute Gasteiger partial charge is 0.200 e. The lowest BCUT2D eigenvalue weighted by Crippen LogP contribution is -2.04. The van der Waals surface area contributed by atoms with Gasteiger partial charge in [0.2, 0.25) is 5.82 Å². The van der Waals surface area contributed by atoms with Crippen LogP contribution in [0.25, 0.3) is 0 Å². The minimum atomic E-state index is -1.14. The normalized spacial score (nSPS) is 10.7. The van der Waals surface area contributed by atoms with Crippen LogP contribution in [0.5, 0.6) is 5.75 Å². The SMILES string of the molecule is Cc1ccc(COc2ccc(C)c(F)c2F)c(F)c1F. The molecule has 2 rings (SSSR count). The van der Waals surface area contributed by atoms with E-state index in [9.17, 15) is 17.6 Å². The zero-order valence-corrected chi connectivity index (χ0v) is 10.9. The fourth-order valence-corrected chi connectivity index (χ4v) is 1.69. The van der Waals surface area contributed by atoms with Crippen molar-refractivity contribution in [3.8, 4) is 5.75 Å². The van der Waals surface area contributed by atoms with E-state index >= 15 is 0 Å². The van der Waals surface area contributed by atoms with Crippen molar-refractivity contribution in [1.82, 2.24) is 0 Å². The summed E-state index contributed by atoms with van der Waals surface area (Å²) in [5.74, 6) is -4.51. The van der Waals surface area contributed by atoms with Crippen LogP contribution >= 0.6 is 0 Å². The molecule has 1 nitrogen and oxygen atoms in total. The first-order valence-corrected chi connectivity index (χ1v) is 5.92. The summed E-state index contributed by atoms with van der Waals surface area (Å²) in [6.07, 6.45) is 0. The number of hydrogen-bond donors (Lipinski definition) is 0. The van der Waals surface area contributed by atoms with Crippen molar-refractivity contribution in [3.63, 3.8) is 0 Å². The molecule has 0 aliphatic carbocycles. The minimum absolute atomic E-state index is 0.0616. The molecule has 0 bridgehead atoms. The first kappa shape index (κ1) is 14.4. The molecule has 0 heterocycles. The average Bonchev–Trinajstić information content (AvgIpc) is 2.43. The summed E-state index contributed by atoms with van der Waals surface area (Å²) >= 11 is 0. The zero-order chi connectivity index (χ0) is 14.9. The Morgan fingerprint density at radius 2 is 1.30 bits per heavy atom. The summed E-state index contributed by atoms with van der Waals surface area (Å²) in [4.78, 5) is 0. The van der Waals surface area contributed by atoms with Crippen LogP contribution in [0, 0.1) is 37.1 Å². The maximum Gasteiger partial charge on any atom is 0.200 e. The number of aryl methyl sites for hydroxylation is 2. The largest absolute Gasteiger partial charge is 0.486 e. The van der Waals surface area contributed by atoms with Gasteiger partial charge in [-0.3, -0.25) is 0 Å².